The largest absolute Gasteiger partial charge is 0.756 e. The number of aliphatic hydroxyl groups excluding tert-OH is 1. The third-order valence-electron chi connectivity index (χ3n) is 6.50. The SMILES string of the molecule is CCCCCCCCCCCCCCCCCCC(=O)C(OP(=O)([O-])OCC[N+](C)(C)C)[C@H](CO)OO. The summed E-state index contributed by atoms with van der Waals surface area (Å²) in [6, 6.07) is 0. The number of phosphoric ester groups is 1. The van der Waals surface area contributed by atoms with Crippen LogP contribution in [0.4, 0.5) is 0 Å². The average molecular weight is 554 g/mol. The molecule has 2 unspecified atom stereocenters. The minimum Gasteiger partial charge on any atom is -0.756 e. The Morgan fingerprint density at radius 2 is 1.27 bits per heavy atom. The highest BCUT2D eigenvalue weighted by Gasteiger charge is 2.33. The number of aliphatic hydroxyl groups is 1. The first kappa shape index (κ1) is 36.6. The van der Waals surface area contributed by atoms with Gasteiger partial charge < -0.3 is 23.5 Å². The zero-order valence-electron chi connectivity index (χ0n) is 24.0. The Morgan fingerprint density at radius 1 is 0.838 bits per heavy atom. The van der Waals surface area contributed by atoms with Crippen LogP contribution in [0.1, 0.15) is 116 Å². The van der Waals surface area contributed by atoms with Gasteiger partial charge in [-0.3, -0.25) is 14.6 Å². The van der Waals surface area contributed by atoms with Gasteiger partial charge in [0, 0.05) is 6.42 Å². The minimum atomic E-state index is -4.83. The van der Waals surface area contributed by atoms with Crippen molar-refractivity contribution in [3.05, 3.63) is 0 Å². The summed E-state index contributed by atoms with van der Waals surface area (Å²) in [5, 5.41) is 18.4. The van der Waals surface area contributed by atoms with Crippen molar-refractivity contribution < 1.29 is 43.0 Å². The summed E-state index contributed by atoms with van der Waals surface area (Å²) in [6.45, 7) is 1.77. The number of likely N-dealkylation sites (N-methyl/N-ethyl adjacent to an activating group) is 1. The number of carbonyl (C=O) groups excluding carboxylic acids is 1. The lowest BCUT2D eigenvalue weighted by atomic mass is 10.0. The van der Waals surface area contributed by atoms with E-state index in [1.165, 1.54) is 77.0 Å². The minimum absolute atomic E-state index is 0.0713. The fraction of sp³-hybridized carbons (Fsp3) is 0.963. The monoisotopic (exact) mass is 553 g/mol. The van der Waals surface area contributed by atoms with E-state index in [0.717, 1.165) is 19.3 Å². The second-order valence-corrected chi connectivity index (χ2v) is 12.5. The number of rotatable bonds is 27. The fourth-order valence-corrected chi connectivity index (χ4v) is 5.00. The Morgan fingerprint density at radius 3 is 1.65 bits per heavy atom. The van der Waals surface area contributed by atoms with Crippen molar-refractivity contribution in [2.45, 2.75) is 128 Å². The standard InChI is InChI=1S/C27H56NO8P/c1-5-6-7-8-9-10-11-12-13-14-15-16-17-18-19-20-21-25(30)27(26(24-29)35-31)36-37(32,33)34-23-22-28(2,3)4/h26-27,29H,5-24H2,1-4H3,(H-,31,32,33)/t26-,27?/m0/s1. The lowest BCUT2D eigenvalue weighted by Crippen LogP contribution is -2.41. The summed E-state index contributed by atoms with van der Waals surface area (Å²) >= 11 is 0. The van der Waals surface area contributed by atoms with E-state index in [1.54, 1.807) is 0 Å². The molecule has 0 aromatic carbocycles. The molecule has 2 N–H and O–H groups in total. The first-order valence-electron chi connectivity index (χ1n) is 14.4. The van der Waals surface area contributed by atoms with Crippen molar-refractivity contribution in [1.82, 2.24) is 0 Å². The van der Waals surface area contributed by atoms with Crippen molar-refractivity contribution in [3.63, 3.8) is 0 Å². The van der Waals surface area contributed by atoms with Crippen molar-refractivity contribution in [1.29, 1.82) is 0 Å². The van der Waals surface area contributed by atoms with E-state index in [4.69, 9.17) is 14.3 Å². The van der Waals surface area contributed by atoms with Crippen molar-refractivity contribution in [2.75, 3.05) is 40.9 Å². The molecule has 0 fully saturated rings. The number of hydrogen-bond donors (Lipinski definition) is 2. The molecular formula is C27H56NO8P. The summed E-state index contributed by atoms with van der Waals surface area (Å²) in [6.07, 6.45) is 16.3. The summed E-state index contributed by atoms with van der Waals surface area (Å²) < 4.78 is 22.4. The summed E-state index contributed by atoms with van der Waals surface area (Å²) in [5.74, 6) is -0.551. The van der Waals surface area contributed by atoms with Gasteiger partial charge in [0.15, 0.2) is 11.9 Å². The third-order valence-corrected chi connectivity index (χ3v) is 7.49. The maximum absolute atomic E-state index is 12.6. The van der Waals surface area contributed by atoms with Crippen molar-refractivity contribution in [3.8, 4) is 0 Å². The zero-order chi connectivity index (χ0) is 28.0. The van der Waals surface area contributed by atoms with E-state index in [2.05, 4.69) is 11.8 Å². The first-order chi connectivity index (χ1) is 17.6. The molecule has 0 aromatic rings. The van der Waals surface area contributed by atoms with Gasteiger partial charge in [0.05, 0.1) is 27.7 Å². The molecule has 9 nitrogen and oxygen atoms in total. The number of ketones is 1. The molecule has 37 heavy (non-hydrogen) atoms. The van der Waals surface area contributed by atoms with E-state index in [-0.39, 0.29) is 13.0 Å². The predicted octanol–water partition coefficient (Wildman–Crippen LogP) is 5.63. The lowest BCUT2D eigenvalue weighted by Gasteiger charge is -2.31. The molecule has 0 bridgehead atoms. The number of carbonyl (C=O) groups is 1. The van der Waals surface area contributed by atoms with Gasteiger partial charge >= 0.3 is 0 Å². The van der Waals surface area contributed by atoms with Crippen LogP contribution < -0.4 is 4.89 Å². The second kappa shape index (κ2) is 22.4. The Hall–Kier alpha value is -0.380. The van der Waals surface area contributed by atoms with E-state index in [1.807, 2.05) is 21.1 Å². The van der Waals surface area contributed by atoms with E-state index in [0.29, 0.717) is 17.4 Å². The van der Waals surface area contributed by atoms with Gasteiger partial charge in [-0.1, -0.05) is 103 Å². The number of hydrogen-bond acceptors (Lipinski definition) is 8. The number of unbranched alkanes of at least 4 members (excludes halogenated alkanes) is 15. The molecule has 0 amide bonds. The van der Waals surface area contributed by atoms with Crippen LogP contribution in [-0.2, 0) is 23.3 Å². The fourth-order valence-electron chi connectivity index (χ4n) is 4.10. The molecule has 0 saturated carbocycles. The Bertz CT molecular complexity index is 595. The molecule has 0 spiro atoms. The van der Waals surface area contributed by atoms with Crippen LogP contribution in [0.5, 0.6) is 0 Å². The number of phosphoric acid groups is 1. The van der Waals surface area contributed by atoms with Crippen LogP contribution in [-0.4, -0.2) is 73.7 Å². The molecule has 0 heterocycles. The Balaban J connectivity index is 4.06. The van der Waals surface area contributed by atoms with Gasteiger partial charge in [-0.2, -0.15) is 0 Å². The van der Waals surface area contributed by atoms with Crippen LogP contribution >= 0.6 is 7.82 Å². The van der Waals surface area contributed by atoms with Gasteiger partial charge in [0.1, 0.15) is 19.3 Å². The average Bonchev–Trinajstić information content (AvgIpc) is 2.82. The van der Waals surface area contributed by atoms with Gasteiger partial charge in [0.25, 0.3) is 7.82 Å². The molecule has 0 radical (unpaired) electrons. The van der Waals surface area contributed by atoms with Gasteiger partial charge in [-0.25, -0.2) is 4.89 Å². The molecular weight excluding hydrogens is 497 g/mol. The Kier molecular flexibility index (Phi) is 22.2. The highest BCUT2D eigenvalue weighted by Crippen LogP contribution is 2.41. The van der Waals surface area contributed by atoms with E-state index < -0.39 is 32.4 Å². The molecule has 0 aliphatic carbocycles. The molecule has 0 aromatic heterocycles. The van der Waals surface area contributed by atoms with Gasteiger partial charge in [0.2, 0.25) is 0 Å². The van der Waals surface area contributed by atoms with Crippen molar-refractivity contribution in [2.24, 2.45) is 0 Å². The van der Waals surface area contributed by atoms with Gasteiger partial charge in [-0.15, -0.1) is 0 Å². The smallest absolute Gasteiger partial charge is 0.268 e. The van der Waals surface area contributed by atoms with Crippen LogP contribution in [0.2, 0.25) is 0 Å². The quantitative estimate of drug-likeness (QED) is 0.0440. The van der Waals surface area contributed by atoms with Crippen LogP contribution in [0.15, 0.2) is 0 Å². The molecule has 0 aliphatic rings. The summed E-state index contributed by atoms with van der Waals surface area (Å²) in [7, 11) is 0.814. The van der Waals surface area contributed by atoms with Crippen LogP contribution in [0.3, 0.4) is 0 Å². The highest BCUT2D eigenvalue weighted by atomic mass is 31.2. The molecule has 0 rings (SSSR count). The highest BCUT2D eigenvalue weighted by molar-refractivity contribution is 7.45. The zero-order valence-corrected chi connectivity index (χ0v) is 24.9. The normalized spacial score (nSPS) is 15.4. The van der Waals surface area contributed by atoms with E-state index in [9.17, 15) is 19.4 Å². The molecule has 10 heteroatoms. The molecule has 0 saturated heterocycles. The first-order valence-corrected chi connectivity index (χ1v) is 15.9. The Labute approximate surface area is 226 Å². The summed E-state index contributed by atoms with van der Waals surface area (Å²) in [4.78, 5) is 28.9. The van der Waals surface area contributed by atoms with E-state index >= 15 is 0 Å². The number of Topliss-reactive ketones (excluding diaryl/α,β-unsaturated/α-hetero) is 1. The second-order valence-electron chi connectivity index (χ2n) is 11.2. The molecule has 222 valence electrons. The third kappa shape index (κ3) is 22.2. The van der Waals surface area contributed by atoms with Crippen molar-refractivity contribution >= 4 is 13.6 Å². The maximum Gasteiger partial charge on any atom is 0.268 e. The summed E-state index contributed by atoms with van der Waals surface area (Å²) in [5.41, 5.74) is 0. The maximum atomic E-state index is 12.6. The molecule has 3 atom stereocenters. The van der Waals surface area contributed by atoms with Gasteiger partial charge in [-0.05, 0) is 6.42 Å². The van der Waals surface area contributed by atoms with Crippen LogP contribution in [0, 0.1) is 0 Å². The topological polar surface area (TPSA) is 125 Å². The lowest BCUT2D eigenvalue weighted by molar-refractivity contribution is -0.870. The number of quaternary nitrogens is 1. The number of nitrogens with zero attached hydrogens (tertiary/aromatic N) is 1. The predicted molar refractivity (Wildman–Crippen MR) is 145 cm³/mol. The molecule has 0 aliphatic heterocycles. The van der Waals surface area contributed by atoms with Crippen LogP contribution in [0.25, 0.3) is 0 Å².